The molecular weight excluding hydrogens is 354 g/mol. The number of rotatable bonds is 8. The van der Waals surface area contributed by atoms with Crippen LogP contribution < -0.4 is 10.6 Å². The predicted molar refractivity (Wildman–Crippen MR) is 102 cm³/mol. The molecule has 2 unspecified atom stereocenters. The van der Waals surface area contributed by atoms with E-state index in [-0.39, 0.29) is 29.4 Å². The Morgan fingerprint density at radius 3 is 2.38 bits per heavy atom. The normalized spacial score (nSPS) is 21.5. The lowest BCUT2D eigenvalue weighted by Gasteiger charge is -2.37. The molecular formula is C18H29N3O4S. The number of hydrogen-bond acceptors (Lipinski definition) is 5. The van der Waals surface area contributed by atoms with E-state index in [4.69, 9.17) is 4.74 Å². The average molecular weight is 384 g/mol. The smallest absolute Gasteiger partial charge is 0.243 e. The number of nitrogens with one attached hydrogen (secondary N) is 2. The highest BCUT2D eigenvalue weighted by Gasteiger charge is 2.35. The van der Waals surface area contributed by atoms with Crippen molar-refractivity contribution in [2.24, 2.45) is 0 Å². The molecule has 2 rings (SSSR count). The number of ether oxygens (including phenoxy) is 1. The van der Waals surface area contributed by atoms with Crippen molar-refractivity contribution in [1.82, 2.24) is 9.62 Å². The second-order valence-corrected chi connectivity index (χ2v) is 8.55. The van der Waals surface area contributed by atoms with Crippen LogP contribution in [-0.2, 0) is 19.6 Å². The van der Waals surface area contributed by atoms with E-state index in [1.807, 2.05) is 13.8 Å². The zero-order valence-electron chi connectivity index (χ0n) is 15.7. The molecule has 1 heterocycles. The fourth-order valence-electron chi connectivity index (χ4n) is 3.28. The Labute approximate surface area is 156 Å². The fourth-order valence-corrected chi connectivity index (χ4v) is 5.17. The molecule has 0 spiro atoms. The summed E-state index contributed by atoms with van der Waals surface area (Å²) in [6, 6.07) is 6.36. The second-order valence-electron chi connectivity index (χ2n) is 6.71. The van der Waals surface area contributed by atoms with Crippen LogP contribution in [0.15, 0.2) is 29.2 Å². The Morgan fingerprint density at radius 1 is 1.19 bits per heavy atom. The number of methoxy groups -OCH3 is 1. The maximum Gasteiger partial charge on any atom is 0.243 e. The van der Waals surface area contributed by atoms with Gasteiger partial charge in [-0.05, 0) is 51.0 Å². The van der Waals surface area contributed by atoms with Gasteiger partial charge in [0, 0.05) is 31.4 Å². The van der Waals surface area contributed by atoms with Crippen LogP contribution in [0.2, 0.25) is 0 Å². The van der Waals surface area contributed by atoms with Crippen LogP contribution in [0.5, 0.6) is 0 Å². The third kappa shape index (κ3) is 5.26. The zero-order chi connectivity index (χ0) is 19.2. The first kappa shape index (κ1) is 20.8. The highest BCUT2D eigenvalue weighted by Crippen LogP contribution is 2.29. The number of sulfonamides is 1. The summed E-state index contributed by atoms with van der Waals surface area (Å²) in [6.07, 6.45) is 2.82. The molecule has 1 amide bonds. The van der Waals surface area contributed by atoms with Gasteiger partial charge in [-0.3, -0.25) is 4.79 Å². The van der Waals surface area contributed by atoms with Gasteiger partial charge in [0.05, 0.1) is 18.0 Å². The van der Waals surface area contributed by atoms with Gasteiger partial charge >= 0.3 is 0 Å². The Bertz CT molecular complexity index is 681. The monoisotopic (exact) mass is 383 g/mol. The minimum absolute atomic E-state index is 0.00121. The van der Waals surface area contributed by atoms with Gasteiger partial charge in [0.15, 0.2) is 0 Å². The molecule has 1 aliphatic rings. The molecule has 0 saturated carbocycles. The standard InChI is InChI=1S/C18H29N3O4S/c1-14-5-4-6-15(2)21(14)26(23,24)17-9-7-16(8-10-17)20-18(22)13-19-11-12-25-3/h7-10,14-15,19H,4-6,11-13H2,1-3H3,(H,20,22). The van der Waals surface area contributed by atoms with E-state index in [2.05, 4.69) is 10.6 Å². The van der Waals surface area contributed by atoms with Gasteiger partial charge in [-0.1, -0.05) is 6.42 Å². The van der Waals surface area contributed by atoms with E-state index in [9.17, 15) is 13.2 Å². The SMILES string of the molecule is COCCNCC(=O)Nc1ccc(S(=O)(=O)N2C(C)CCCC2C)cc1. The van der Waals surface area contributed by atoms with Crippen LogP contribution in [0, 0.1) is 0 Å². The summed E-state index contributed by atoms with van der Waals surface area (Å²) in [7, 11) is -1.93. The van der Waals surface area contributed by atoms with E-state index < -0.39 is 10.0 Å². The summed E-state index contributed by atoms with van der Waals surface area (Å²) in [5.74, 6) is -0.185. The van der Waals surface area contributed by atoms with Crippen molar-refractivity contribution >= 4 is 21.6 Å². The Hall–Kier alpha value is -1.48. The van der Waals surface area contributed by atoms with Gasteiger partial charge in [0.25, 0.3) is 0 Å². The van der Waals surface area contributed by atoms with Crippen LogP contribution in [-0.4, -0.2) is 57.5 Å². The van der Waals surface area contributed by atoms with E-state index in [1.54, 1.807) is 35.7 Å². The molecule has 1 fully saturated rings. The van der Waals surface area contributed by atoms with E-state index >= 15 is 0 Å². The molecule has 0 bridgehead atoms. The topological polar surface area (TPSA) is 87.7 Å². The van der Waals surface area contributed by atoms with E-state index in [0.717, 1.165) is 19.3 Å². The van der Waals surface area contributed by atoms with E-state index in [1.165, 1.54) is 0 Å². The van der Waals surface area contributed by atoms with Crippen molar-refractivity contribution in [1.29, 1.82) is 0 Å². The van der Waals surface area contributed by atoms with Crippen molar-refractivity contribution in [2.75, 3.05) is 32.1 Å². The van der Waals surface area contributed by atoms with Crippen molar-refractivity contribution in [3.05, 3.63) is 24.3 Å². The van der Waals surface area contributed by atoms with Gasteiger partial charge in [0.1, 0.15) is 0 Å². The van der Waals surface area contributed by atoms with Gasteiger partial charge in [-0.25, -0.2) is 8.42 Å². The lowest BCUT2D eigenvalue weighted by atomic mass is 10.0. The summed E-state index contributed by atoms with van der Waals surface area (Å²) < 4.78 is 32.4. The number of piperidine rings is 1. The number of nitrogens with zero attached hydrogens (tertiary/aromatic N) is 1. The average Bonchev–Trinajstić information content (AvgIpc) is 2.59. The van der Waals surface area contributed by atoms with Gasteiger partial charge < -0.3 is 15.4 Å². The fraction of sp³-hybridized carbons (Fsp3) is 0.611. The van der Waals surface area contributed by atoms with Crippen molar-refractivity contribution in [3.8, 4) is 0 Å². The summed E-state index contributed by atoms with van der Waals surface area (Å²) in [5.41, 5.74) is 0.572. The number of amides is 1. The quantitative estimate of drug-likeness (QED) is 0.669. The van der Waals surface area contributed by atoms with Crippen molar-refractivity contribution in [3.63, 3.8) is 0 Å². The first-order valence-corrected chi connectivity index (χ1v) is 10.4. The Balaban J connectivity index is 2.00. The highest BCUT2D eigenvalue weighted by atomic mass is 32.2. The largest absolute Gasteiger partial charge is 0.383 e. The predicted octanol–water partition coefficient (Wildman–Crippen LogP) is 1.81. The molecule has 1 aliphatic heterocycles. The first-order valence-electron chi connectivity index (χ1n) is 8.99. The molecule has 0 aromatic heterocycles. The lowest BCUT2D eigenvalue weighted by molar-refractivity contribution is -0.115. The molecule has 0 aliphatic carbocycles. The van der Waals surface area contributed by atoms with Gasteiger partial charge in [-0.15, -0.1) is 0 Å². The van der Waals surface area contributed by atoms with Crippen LogP contribution >= 0.6 is 0 Å². The molecule has 2 atom stereocenters. The lowest BCUT2D eigenvalue weighted by Crippen LogP contribution is -2.47. The maximum absolute atomic E-state index is 13.0. The minimum Gasteiger partial charge on any atom is -0.383 e. The second kappa shape index (κ2) is 9.45. The van der Waals surface area contributed by atoms with Crippen LogP contribution in [0.4, 0.5) is 5.69 Å². The molecule has 1 aromatic rings. The molecule has 1 aromatic carbocycles. The molecule has 2 N–H and O–H groups in total. The van der Waals surface area contributed by atoms with E-state index in [0.29, 0.717) is 18.8 Å². The number of carbonyl (C=O) groups is 1. The van der Waals surface area contributed by atoms with Gasteiger partial charge in [-0.2, -0.15) is 4.31 Å². The molecule has 7 nitrogen and oxygen atoms in total. The number of anilines is 1. The highest BCUT2D eigenvalue weighted by molar-refractivity contribution is 7.89. The molecule has 0 radical (unpaired) electrons. The maximum atomic E-state index is 13.0. The first-order chi connectivity index (χ1) is 12.4. The molecule has 146 valence electrons. The number of carbonyl (C=O) groups excluding carboxylic acids is 1. The van der Waals surface area contributed by atoms with Crippen LogP contribution in [0.3, 0.4) is 0 Å². The minimum atomic E-state index is -3.53. The zero-order valence-corrected chi connectivity index (χ0v) is 16.5. The van der Waals surface area contributed by atoms with Crippen molar-refractivity contribution < 1.29 is 17.9 Å². The third-order valence-electron chi connectivity index (χ3n) is 4.59. The van der Waals surface area contributed by atoms with Crippen LogP contribution in [0.1, 0.15) is 33.1 Å². The van der Waals surface area contributed by atoms with Crippen LogP contribution in [0.25, 0.3) is 0 Å². The summed E-state index contributed by atoms with van der Waals surface area (Å²) in [5, 5.41) is 5.70. The Kier molecular flexibility index (Phi) is 7.57. The third-order valence-corrected chi connectivity index (χ3v) is 6.74. The Morgan fingerprint density at radius 2 is 1.81 bits per heavy atom. The summed E-state index contributed by atoms with van der Waals surface area (Å²) >= 11 is 0. The summed E-state index contributed by atoms with van der Waals surface area (Å²) in [6.45, 7) is 5.21. The molecule has 26 heavy (non-hydrogen) atoms. The van der Waals surface area contributed by atoms with Gasteiger partial charge in [0.2, 0.25) is 15.9 Å². The molecule has 1 saturated heterocycles. The summed E-state index contributed by atoms with van der Waals surface area (Å²) in [4.78, 5) is 12.1. The number of hydrogen-bond donors (Lipinski definition) is 2. The molecule has 8 heteroatoms. The van der Waals surface area contributed by atoms with Crippen molar-refractivity contribution in [2.45, 2.75) is 50.1 Å². The number of benzene rings is 1.